The molecule has 7 nitrogen and oxygen atoms in total. The van der Waals surface area contributed by atoms with Crippen LogP contribution in [-0.2, 0) is 0 Å². The van der Waals surface area contributed by atoms with E-state index in [-0.39, 0.29) is 21.9 Å². The molecule has 0 aliphatic heterocycles. The minimum absolute atomic E-state index is 0.0936. The Balaban J connectivity index is 1.86. The summed E-state index contributed by atoms with van der Waals surface area (Å²) in [5, 5.41) is 14.4. The summed E-state index contributed by atoms with van der Waals surface area (Å²) >= 11 is 1.11. The third-order valence-corrected chi connectivity index (χ3v) is 4.47. The number of hydrogen-bond donors (Lipinski definition) is 2. The minimum atomic E-state index is -0.544. The van der Waals surface area contributed by atoms with Crippen molar-refractivity contribution in [2.45, 2.75) is 6.92 Å². The largest absolute Gasteiger partial charge is 0.382 e. The lowest BCUT2D eigenvalue weighted by Gasteiger charge is -2.02. The first-order chi connectivity index (χ1) is 11.9. The monoisotopic (exact) mass is 354 g/mol. The molecule has 0 fully saturated rings. The highest BCUT2D eigenvalue weighted by molar-refractivity contribution is 7.18. The van der Waals surface area contributed by atoms with Gasteiger partial charge in [-0.2, -0.15) is 0 Å². The van der Waals surface area contributed by atoms with E-state index in [0.29, 0.717) is 5.13 Å². The van der Waals surface area contributed by atoms with Gasteiger partial charge in [-0.3, -0.25) is 14.9 Å². The predicted molar refractivity (Wildman–Crippen MR) is 97.5 cm³/mol. The highest BCUT2D eigenvalue weighted by atomic mass is 32.1. The maximum absolute atomic E-state index is 12.6. The SMILES string of the molecule is Cc1ccc(Nc2nc(N)c(C(=O)c3cccc([N+](=O)[O-])c3)s2)cc1. The van der Waals surface area contributed by atoms with Crippen LogP contribution in [0.15, 0.2) is 48.5 Å². The lowest BCUT2D eigenvalue weighted by atomic mass is 10.1. The van der Waals surface area contributed by atoms with Crippen molar-refractivity contribution in [1.82, 2.24) is 4.98 Å². The Labute approximate surface area is 147 Å². The topological polar surface area (TPSA) is 111 Å². The van der Waals surface area contributed by atoms with Gasteiger partial charge in [0.05, 0.1) is 4.92 Å². The van der Waals surface area contributed by atoms with Gasteiger partial charge >= 0.3 is 0 Å². The molecule has 0 aliphatic rings. The zero-order valence-corrected chi connectivity index (χ0v) is 14.0. The predicted octanol–water partition coefficient (Wildman–Crippen LogP) is 3.92. The Morgan fingerprint density at radius 3 is 2.64 bits per heavy atom. The molecule has 0 spiro atoms. The van der Waals surface area contributed by atoms with E-state index in [1.54, 1.807) is 0 Å². The number of non-ortho nitro benzene ring substituents is 1. The number of thiazole rings is 1. The van der Waals surface area contributed by atoms with Crippen LogP contribution >= 0.6 is 11.3 Å². The molecule has 25 heavy (non-hydrogen) atoms. The summed E-state index contributed by atoms with van der Waals surface area (Å²) in [5.41, 5.74) is 7.87. The molecule has 0 saturated carbocycles. The molecule has 0 aliphatic carbocycles. The van der Waals surface area contributed by atoms with Gasteiger partial charge in [-0.15, -0.1) is 0 Å². The van der Waals surface area contributed by atoms with Gasteiger partial charge in [0.15, 0.2) is 5.13 Å². The summed E-state index contributed by atoms with van der Waals surface area (Å²) in [6.07, 6.45) is 0. The summed E-state index contributed by atoms with van der Waals surface area (Å²) in [6, 6.07) is 13.2. The van der Waals surface area contributed by atoms with E-state index in [2.05, 4.69) is 10.3 Å². The molecule has 1 heterocycles. The van der Waals surface area contributed by atoms with Crippen LogP contribution in [-0.4, -0.2) is 15.7 Å². The van der Waals surface area contributed by atoms with E-state index in [1.165, 1.54) is 24.3 Å². The van der Waals surface area contributed by atoms with Gasteiger partial charge in [0, 0.05) is 23.4 Å². The number of nitro groups is 1. The maximum Gasteiger partial charge on any atom is 0.270 e. The average Bonchev–Trinajstić information content (AvgIpc) is 2.96. The molecular weight excluding hydrogens is 340 g/mol. The van der Waals surface area contributed by atoms with Crippen LogP contribution < -0.4 is 11.1 Å². The van der Waals surface area contributed by atoms with Crippen molar-refractivity contribution in [3.05, 3.63) is 74.6 Å². The second-order valence-corrected chi connectivity index (χ2v) is 6.36. The van der Waals surface area contributed by atoms with Crippen LogP contribution in [0.25, 0.3) is 0 Å². The number of nitro benzene ring substituents is 1. The summed E-state index contributed by atoms with van der Waals surface area (Å²) in [6.45, 7) is 1.99. The first kappa shape index (κ1) is 16.6. The van der Waals surface area contributed by atoms with Crippen molar-refractivity contribution in [2.75, 3.05) is 11.1 Å². The number of carbonyl (C=O) groups is 1. The number of nitrogen functional groups attached to an aromatic ring is 1. The van der Waals surface area contributed by atoms with Crippen LogP contribution in [0.2, 0.25) is 0 Å². The fourth-order valence-electron chi connectivity index (χ4n) is 2.20. The lowest BCUT2D eigenvalue weighted by molar-refractivity contribution is -0.384. The van der Waals surface area contributed by atoms with Gasteiger partial charge in [0.25, 0.3) is 5.69 Å². The molecule has 126 valence electrons. The van der Waals surface area contributed by atoms with E-state index >= 15 is 0 Å². The second-order valence-electron chi connectivity index (χ2n) is 5.36. The summed E-state index contributed by atoms with van der Waals surface area (Å²) in [5.74, 6) is -0.299. The fourth-order valence-corrected chi connectivity index (χ4v) is 3.07. The molecule has 3 N–H and O–H groups in total. The number of nitrogens with zero attached hydrogens (tertiary/aromatic N) is 2. The smallest absolute Gasteiger partial charge is 0.270 e. The average molecular weight is 354 g/mol. The molecule has 3 aromatic rings. The van der Waals surface area contributed by atoms with Crippen molar-refractivity contribution < 1.29 is 9.72 Å². The molecule has 0 bridgehead atoms. The number of carbonyl (C=O) groups excluding carboxylic acids is 1. The van der Waals surface area contributed by atoms with Gasteiger partial charge in [-0.05, 0) is 19.1 Å². The number of benzene rings is 2. The van der Waals surface area contributed by atoms with Crippen LogP contribution in [0.3, 0.4) is 0 Å². The lowest BCUT2D eigenvalue weighted by Crippen LogP contribution is -2.03. The number of ketones is 1. The Morgan fingerprint density at radius 2 is 1.96 bits per heavy atom. The van der Waals surface area contributed by atoms with E-state index in [1.807, 2.05) is 31.2 Å². The molecule has 0 amide bonds. The Kier molecular flexibility index (Phi) is 4.44. The van der Waals surface area contributed by atoms with E-state index < -0.39 is 10.7 Å². The number of hydrogen-bond acceptors (Lipinski definition) is 7. The molecular formula is C17H14N4O3S. The Bertz CT molecular complexity index is 951. The van der Waals surface area contributed by atoms with Crippen LogP contribution in [0.5, 0.6) is 0 Å². The van der Waals surface area contributed by atoms with Crippen molar-refractivity contribution in [2.24, 2.45) is 0 Å². The fraction of sp³-hybridized carbons (Fsp3) is 0.0588. The van der Waals surface area contributed by atoms with Gasteiger partial charge in [0.1, 0.15) is 10.7 Å². The standard InChI is InChI=1S/C17H14N4O3S/c1-10-5-7-12(8-6-10)19-17-20-16(18)15(25-17)14(22)11-3-2-4-13(9-11)21(23)24/h2-9H,18H2,1H3,(H,19,20). The zero-order valence-electron chi connectivity index (χ0n) is 13.2. The molecule has 2 aromatic carbocycles. The van der Waals surface area contributed by atoms with Gasteiger partial charge in [-0.25, -0.2) is 4.98 Å². The Hall–Kier alpha value is -3.26. The quantitative estimate of drug-likeness (QED) is 0.408. The Morgan fingerprint density at radius 1 is 1.24 bits per heavy atom. The number of nitrogens with two attached hydrogens (primary N) is 1. The normalized spacial score (nSPS) is 10.4. The van der Waals surface area contributed by atoms with E-state index in [0.717, 1.165) is 22.6 Å². The third kappa shape index (κ3) is 3.64. The van der Waals surface area contributed by atoms with Gasteiger partial charge < -0.3 is 11.1 Å². The van der Waals surface area contributed by atoms with Crippen LogP contribution in [0.1, 0.15) is 20.8 Å². The number of rotatable bonds is 5. The van der Waals surface area contributed by atoms with Gasteiger partial charge in [-0.1, -0.05) is 41.2 Å². The van der Waals surface area contributed by atoms with Crippen molar-refractivity contribution >= 4 is 39.4 Å². The molecule has 0 radical (unpaired) electrons. The molecule has 0 atom stereocenters. The summed E-state index contributed by atoms with van der Waals surface area (Å²) in [4.78, 5) is 27.3. The summed E-state index contributed by atoms with van der Waals surface area (Å²) < 4.78 is 0. The molecule has 8 heteroatoms. The third-order valence-electron chi connectivity index (χ3n) is 3.48. The van der Waals surface area contributed by atoms with Crippen molar-refractivity contribution in [1.29, 1.82) is 0 Å². The zero-order chi connectivity index (χ0) is 18.0. The first-order valence-electron chi connectivity index (χ1n) is 7.33. The summed E-state index contributed by atoms with van der Waals surface area (Å²) in [7, 11) is 0. The van der Waals surface area contributed by atoms with Gasteiger partial charge in [0.2, 0.25) is 5.78 Å². The first-order valence-corrected chi connectivity index (χ1v) is 8.15. The van der Waals surface area contributed by atoms with Crippen molar-refractivity contribution in [3.8, 4) is 0 Å². The highest BCUT2D eigenvalue weighted by Gasteiger charge is 2.20. The van der Waals surface area contributed by atoms with Crippen LogP contribution in [0, 0.1) is 17.0 Å². The van der Waals surface area contributed by atoms with Crippen LogP contribution in [0.4, 0.5) is 22.3 Å². The van der Waals surface area contributed by atoms with Crippen molar-refractivity contribution in [3.63, 3.8) is 0 Å². The number of aromatic nitrogens is 1. The number of anilines is 3. The molecule has 0 unspecified atom stereocenters. The second kappa shape index (κ2) is 6.70. The molecule has 1 aromatic heterocycles. The molecule has 3 rings (SSSR count). The molecule has 0 saturated heterocycles. The van der Waals surface area contributed by atoms with E-state index in [4.69, 9.17) is 5.73 Å². The number of nitrogens with one attached hydrogen (secondary N) is 1. The highest BCUT2D eigenvalue weighted by Crippen LogP contribution is 2.30. The number of aryl methyl sites for hydroxylation is 1. The minimum Gasteiger partial charge on any atom is -0.382 e. The van der Waals surface area contributed by atoms with E-state index in [9.17, 15) is 14.9 Å². The maximum atomic E-state index is 12.6.